The van der Waals surface area contributed by atoms with E-state index in [4.69, 9.17) is 53.4 Å². The van der Waals surface area contributed by atoms with Gasteiger partial charge in [0.15, 0.2) is 11.3 Å². The summed E-state index contributed by atoms with van der Waals surface area (Å²) in [6.07, 6.45) is 40.2. The number of nitrogens with zero attached hydrogens (tertiary/aromatic N) is 17. The van der Waals surface area contributed by atoms with E-state index in [1.165, 1.54) is 153 Å². The highest BCUT2D eigenvalue weighted by Gasteiger charge is 2.53. The Balaban J connectivity index is 0.000000143. The molecule has 0 aliphatic carbocycles. The number of benzene rings is 2. The van der Waals surface area contributed by atoms with Gasteiger partial charge in [-0.15, -0.1) is 11.6 Å². The van der Waals surface area contributed by atoms with Crippen molar-refractivity contribution in [2.24, 2.45) is 0 Å². The summed E-state index contributed by atoms with van der Waals surface area (Å²) in [6, 6.07) is 25.2. The van der Waals surface area contributed by atoms with Crippen LogP contribution in [0.2, 0.25) is 10.0 Å². The van der Waals surface area contributed by atoms with Crippen LogP contribution >= 0.6 is 89.3 Å². The molecule has 6 aliphatic heterocycles. The van der Waals surface area contributed by atoms with Crippen LogP contribution in [-0.2, 0) is 38.3 Å². The first kappa shape index (κ1) is 99.4. The summed E-state index contributed by atoms with van der Waals surface area (Å²) in [5.41, 5.74) is 9.00. The Labute approximate surface area is 799 Å². The van der Waals surface area contributed by atoms with Gasteiger partial charge in [-0.1, -0.05) is 29.3 Å². The molecule has 13 aromatic rings. The van der Waals surface area contributed by atoms with Crippen molar-refractivity contribution in [2.75, 3.05) is 84.4 Å². The Kier molecular flexibility index (Phi) is 36.2. The van der Waals surface area contributed by atoms with E-state index in [2.05, 4.69) is 188 Å². The summed E-state index contributed by atoms with van der Waals surface area (Å²) in [7, 11) is -2.32. The van der Waals surface area contributed by atoms with Gasteiger partial charge in [0, 0.05) is 202 Å². The van der Waals surface area contributed by atoms with Crippen LogP contribution in [-0.4, -0.2) is 227 Å². The molecule has 2 aromatic carbocycles. The number of likely N-dealkylation sites (tertiary alicyclic amines) is 4. The van der Waals surface area contributed by atoms with Crippen molar-refractivity contribution < 1.29 is 54.8 Å². The van der Waals surface area contributed by atoms with Gasteiger partial charge in [-0.05, 0) is 284 Å². The Morgan fingerprint density at radius 1 is 0.492 bits per heavy atom. The van der Waals surface area contributed by atoms with Gasteiger partial charge in [0.2, 0.25) is 0 Å². The van der Waals surface area contributed by atoms with Gasteiger partial charge in [0.05, 0.1) is 91.3 Å². The topological polar surface area (TPSA) is 264 Å². The van der Waals surface area contributed by atoms with Crippen molar-refractivity contribution in [2.45, 2.75) is 149 Å². The molecule has 6 saturated heterocycles. The largest absolute Gasteiger partial charge is 1.00 e. The molecule has 25 nitrogen and oxygen atoms in total. The highest BCUT2D eigenvalue weighted by molar-refractivity contribution is 14.1. The van der Waals surface area contributed by atoms with Crippen LogP contribution < -0.4 is 33.7 Å². The molecule has 0 spiro atoms. The summed E-state index contributed by atoms with van der Waals surface area (Å²) in [4.78, 5) is 39.2. The molecule has 128 heavy (non-hydrogen) atoms. The van der Waals surface area contributed by atoms with Crippen molar-refractivity contribution in [3.05, 3.63) is 224 Å². The lowest BCUT2D eigenvalue weighted by atomic mass is 9.78. The van der Waals surface area contributed by atoms with Crippen molar-refractivity contribution in [3.8, 4) is 55.9 Å². The predicted molar refractivity (Wildman–Crippen MR) is 517 cm³/mol. The SMILES string of the molecule is Brc1cncc(-c2cnn(CCN3CCCC3)c2)c1.Brc1cncc(I)c1.CC1(C)OB(c2cn[nH]c2)OC1(C)C.CC1(C)OB(c2cnn(CCN3CCCC3)c2)OC1(C)C.ClCC[NH+]1CCCC1.Fc1ccc(Cl)cc1-c1cc(-c2cncc(-c3cnn(CCN4CCCC4)c3)c2)c2cccnc2n1.OB(O)c1cc(-c2cc(Cl)ccc2F)nc2ncccc12.[Cl-]. The summed E-state index contributed by atoms with van der Waals surface area (Å²) in [6.45, 7) is 33.5. The van der Waals surface area contributed by atoms with Gasteiger partial charge >= 0.3 is 21.4 Å². The van der Waals surface area contributed by atoms with Crippen molar-refractivity contribution in [1.29, 1.82) is 0 Å². The number of H-pyrrole nitrogens is 1. The molecule has 37 heteroatoms. The van der Waals surface area contributed by atoms with E-state index in [0.29, 0.717) is 38.0 Å². The average Bonchev–Trinajstić information content (AvgIpc) is 1.60. The Hall–Kier alpha value is -7.65. The number of halogens is 9. The van der Waals surface area contributed by atoms with Gasteiger partial charge in [-0.3, -0.25) is 34.1 Å². The van der Waals surface area contributed by atoms with Crippen LogP contribution in [0.4, 0.5) is 8.78 Å². The smallest absolute Gasteiger partial charge is 0.498 e. The lowest BCUT2D eigenvalue weighted by Gasteiger charge is -2.32. The number of quaternary nitrogens is 1. The monoisotopic (exact) mass is 2060 g/mol. The maximum atomic E-state index is 14.7. The molecule has 0 atom stereocenters. The number of pyridine rings is 7. The number of aromatic amines is 1. The molecule has 0 amide bonds. The first-order valence-corrected chi connectivity index (χ1v) is 46.9. The molecule has 4 N–H and O–H groups in total. The van der Waals surface area contributed by atoms with Gasteiger partial charge in [0.1, 0.15) is 11.6 Å². The molecular formula is C91H107B3Br2Cl4F2IN19O6. The van der Waals surface area contributed by atoms with Crippen LogP contribution in [0.1, 0.15) is 107 Å². The third-order valence-corrected chi connectivity index (χ3v) is 25.9. The average molecular weight is 2060 g/mol. The van der Waals surface area contributed by atoms with Gasteiger partial charge in [-0.2, -0.15) is 20.4 Å². The molecular weight excluding hydrogens is 1950 g/mol. The fraction of sp³-hybridized carbons (Fsp3) is 0.396. The Morgan fingerprint density at radius 2 is 0.938 bits per heavy atom. The molecule has 6 aliphatic rings. The van der Waals surface area contributed by atoms with Crippen LogP contribution in [0.5, 0.6) is 0 Å². The minimum absolute atomic E-state index is 0. The standard InChI is InChI=1S/C28H24ClFN6.C15H26BN3O2.C14H9BClFN2O2.C14H17BrN4.C9H15BN2O2.C6H12ClN.C5H3BrIN.ClH/c29-22-5-6-26(30)25(13-22)27-14-24(23-4-3-7-32-28(23)34-27)20-12-19(15-31-16-20)21-17-33-36(18-21)11-10-35-8-1-2-9-35;1-14(2)15(3,4)21-16(20-14)13-11-17-19(12-13)10-9-18-7-5-6-8-18;16-8-3-4-12(17)10(6-8)13-7-11(15(20)21)9-2-1-5-18-14(9)19-13;15-14-7-12(8-16-10-14)13-9-17-19(11-13)6-5-18-3-1-2-4-18;1-8(2)9(3,4)14-10(13-8)7-5-11-12-6-7;7-3-6-8-4-1-2-5-8;6-4-1-5(7)3-8-2-4;/h3-7,12-18H,1-2,8-11H2;11-12H,5-10H2,1-4H3;1-7,20-21H;7-11H,1-6H2;5-6H,1-4H3,(H,11,12);1-6H2;1-3H;1H. The zero-order chi connectivity index (χ0) is 89.8. The highest BCUT2D eigenvalue weighted by Crippen LogP contribution is 2.39. The summed E-state index contributed by atoms with van der Waals surface area (Å²) in [5, 5.41) is 41.2. The highest BCUT2D eigenvalue weighted by atomic mass is 127. The molecule has 0 unspecified atom stereocenters. The maximum absolute atomic E-state index is 14.7. The molecule has 0 saturated carbocycles. The number of hydrogen-bond donors (Lipinski definition) is 4. The summed E-state index contributed by atoms with van der Waals surface area (Å²) >= 11 is 26.6. The Bertz CT molecular complexity index is 5690. The van der Waals surface area contributed by atoms with Gasteiger partial charge in [0.25, 0.3) is 0 Å². The van der Waals surface area contributed by atoms with Gasteiger partial charge < -0.3 is 60.7 Å². The van der Waals surface area contributed by atoms with E-state index in [1.54, 1.807) is 60.3 Å². The number of nitrogens with one attached hydrogen (secondary N) is 2. The zero-order valence-corrected chi connectivity index (χ0v) is 81.5. The van der Waals surface area contributed by atoms with Crippen LogP contribution in [0, 0.1) is 15.2 Å². The molecule has 674 valence electrons. The number of rotatable bonds is 19. The maximum Gasteiger partial charge on any atom is 0.498 e. The lowest BCUT2D eigenvalue weighted by molar-refractivity contribution is -0.884. The minimum Gasteiger partial charge on any atom is -1.00 e. The van der Waals surface area contributed by atoms with E-state index in [9.17, 15) is 18.8 Å². The summed E-state index contributed by atoms with van der Waals surface area (Å²) < 4.78 is 61.6. The molecule has 0 bridgehead atoms. The van der Waals surface area contributed by atoms with Gasteiger partial charge in [-0.25, -0.2) is 28.7 Å². The van der Waals surface area contributed by atoms with E-state index < -0.39 is 12.9 Å². The number of fused-ring (bicyclic) bond motifs is 2. The van der Waals surface area contributed by atoms with E-state index in [-0.39, 0.29) is 71.6 Å². The second kappa shape index (κ2) is 46.6. The molecule has 11 aromatic heterocycles. The van der Waals surface area contributed by atoms with E-state index >= 15 is 0 Å². The first-order chi connectivity index (χ1) is 61.0. The molecule has 0 radical (unpaired) electrons. The number of aromatic nitrogens is 15. The quantitative estimate of drug-likeness (QED) is 0.0333. The molecule has 19 rings (SSSR count). The fourth-order valence-corrected chi connectivity index (χ4v) is 17.5. The second-order valence-electron chi connectivity index (χ2n) is 34.0. The molecule has 6 fully saturated rings. The molecule has 17 heterocycles. The fourth-order valence-electron chi connectivity index (χ4n) is 15.2. The van der Waals surface area contributed by atoms with Crippen molar-refractivity contribution >= 4 is 149 Å². The third kappa shape index (κ3) is 27.3. The normalized spacial score (nSPS) is 16.8. The zero-order valence-electron chi connectivity index (χ0n) is 73.1. The minimum atomic E-state index is -1.71. The summed E-state index contributed by atoms with van der Waals surface area (Å²) in [5.74, 6) is -0.0584. The van der Waals surface area contributed by atoms with E-state index in [0.717, 1.165) is 107 Å². The van der Waals surface area contributed by atoms with Crippen LogP contribution in [0.25, 0.3) is 78.0 Å². The number of hydrogen-bond acceptors (Lipinski definition) is 20. The second-order valence-corrected chi connectivity index (χ2v) is 38.3. The Morgan fingerprint density at radius 3 is 1.41 bits per heavy atom. The van der Waals surface area contributed by atoms with Crippen LogP contribution in [0.3, 0.4) is 0 Å². The number of alkyl halides is 1. The predicted octanol–water partition coefficient (Wildman–Crippen LogP) is 12.0. The van der Waals surface area contributed by atoms with Crippen LogP contribution in [0.15, 0.2) is 199 Å². The lowest BCUT2D eigenvalue weighted by Crippen LogP contribution is -3.10. The van der Waals surface area contributed by atoms with Crippen molar-refractivity contribution in [1.82, 2.24) is 89.1 Å². The third-order valence-electron chi connectivity index (χ3n) is 23.8. The van der Waals surface area contributed by atoms with E-state index in [1.807, 2.05) is 103 Å². The van der Waals surface area contributed by atoms with Crippen molar-refractivity contribution in [3.63, 3.8) is 0 Å². The first-order valence-electron chi connectivity index (χ1n) is 43.0.